The molecule has 2 unspecified atom stereocenters. The highest BCUT2D eigenvalue weighted by Crippen LogP contribution is 2.31. The summed E-state index contributed by atoms with van der Waals surface area (Å²) < 4.78 is 0. The van der Waals surface area contributed by atoms with Crippen molar-refractivity contribution in [2.75, 3.05) is 6.61 Å². The summed E-state index contributed by atoms with van der Waals surface area (Å²) in [4.78, 5) is 0. The minimum Gasteiger partial charge on any atom is -0.395 e. The first-order valence-electron chi connectivity index (χ1n) is 5.67. The van der Waals surface area contributed by atoms with Crippen LogP contribution in [-0.4, -0.2) is 17.8 Å². The van der Waals surface area contributed by atoms with Crippen LogP contribution in [0.4, 0.5) is 0 Å². The van der Waals surface area contributed by atoms with Gasteiger partial charge in [0.15, 0.2) is 0 Å². The molecule has 0 aromatic heterocycles. The number of aliphatic hydroxyl groups excluding tert-OH is 1. The lowest BCUT2D eigenvalue weighted by Gasteiger charge is -2.18. The van der Waals surface area contributed by atoms with E-state index in [4.69, 9.17) is 5.11 Å². The zero-order chi connectivity index (χ0) is 10.8. The monoisotopic (exact) mass is 205 g/mol. The molecule has 0 saturated carbocycles. The van der Waals surface area contributed by atoms with E-state index in [1.165, 1.54) is 16.7 Å². The lowest BCUT2D eigenvalue weighted by atomic mass is 10.1. The van der Waals surface area contributed by atoms with Crippen molar-refractivity contribution >= 4 is 0 Å². The summed E-state index contributed by atoms with van der Waals surface area (Å²) >= 11 is 0. The minimum atomic E-state index is 0.183. The van der Waals surface area contributed by atoms with Crippen LogP contribution in [0.15, 0.2) is 18.2 Å². The largest absolute Gasteiger partial charge is 0.395 e. The van der Waals surface area contributed by atoms with E-state index >= 15 is 0 Å². The predicted octanol–water partition coefficient (Wildman–Crippen LogP) is 1.95. The summed E-state index contributed by atoms with van der Waals surface area (Å²) in [6, 6.07) is 7.28. The van der Waals surface area contributed by atoms with Crippen LogP contribution in [-0.2, 0) is 6.42 Å². The second kappa shape index (κ2) is 4.33. The Labute approximate surface area is 91.3 Å². The maximum Gasteiger partial charge on any atom is 0.0582 e. The smallest absolute Gasteiger partial charge is 0.0582 e. The third-order valence-electron chi connectivity index (χ3n) is 3.14. The van der Waals surface area contributed by atoms with Gasteiger partial charge in [0.1, 0.15) is 0 Å². The topological polar surface area (TPSA) is 32.3 Å². The number of benzene rings is 1. The van der Waals surface area contributed by atoms with E-state index in [2.05, 4.69) is 30.4 Å². The van der Waals surface area contributed by atoms with Gasteiger partial charge in [0.25, 0.3) is 0 Å². The average molecular weight is 205 g/mol. The van der Waals surface area contributed by atoms with E-state index in [-0.39, 0.29) is 12.6 Å². The number of aliphatic hydroxyl groups is 1. The molecule has 0 fully saturated rings. The van der Waals surface area contributed by atoms with Crippen LogP contribution in [0.5, 0.6) is 0 Å². The maximum absolute atomic E-state index is 9.02. The Morgan fingerprint density at radius 3 is 3.07 bits per heavy atom. The molecule has 0 bridgehead atoms. The number of hydrogen-bond donors (Lipinski definition) is 2. The molecule has 1 aromatic carbocycles. The number of aryl methyl sites for hydroxylation is 2. The Morgan fingerprint density at radius 2 is 2.33 bits per heavy atom. The lowest BCUT2D eigenvalue weighted by Crippen LogP contribution is -2.32. The second-order valence-electron chi connectivity index (χ2n) is 4.54. The highest BCUT2D eigenvalue weighted by molar-refractivity contribution is 5.37. The molecule has 15 heavy (non-hydrogen) atoms. The molecule has 0 saturated heterocycles. The standard InChI is InChI=1S/C13H19NO/c1-9-3-5-12-11(7-9)4-6-13(12)14-10(2)8-15/h3,5,7,10,13-15H,4,6,8H2,1-2H3. The van der Waals surface area contributed by atoms with Gasteiger partial charge in [0, 0.05) is 12.1 Å². The number of nitrogens with one attached hydrogen (secondary N) is 1. The van der Waals surface area contributed by atoms with E-state index < -0.39 is 0 Å². The van der Waals surface area contributed by atoms with Crippen LogP contribution in [0, 0.1) is 6.92 Å². The van der Waals surface area contributed by atoms with Crippen molar-refractivity contribution in [2.24, 2.45) is 0 Å². The molecular weight excluding hydrogens is 186 g/mol. The number of hydrogen-bond acceptors (Lipinski definition) is 2. The summed E-state index contributed by atoms with van der Waals surface area (Å²) in [7, 11) is 0. The predicted molar refractivity (Wildman–Crippen MR) is 61.9 cm³/mol. The fraction of sp³-hybridized carbons (Fsp3) is 0.538. The Hall–Kier alpha value is -0.860. The van der Waals surface area contributed by atoms with Gasteiger partial charge in [-0.2, -0.15) is 0 Å². The van der Waals surface area contributed by atoms with Crippen LogP contribution in [0.1, 0.15) is 36.1 Å². The van der Waals surface area contributed by atoms with Crippen LogP contribution < -0.4 is 5.32 Å². The zero-order valence-corrected chi connectivity index (χ0v) is 9.46. The van der Waals surface area contributed by atoms with Crippen molar-refractivity contribution in [3.05, 3.63) is 34.9 Å². The SMILES string of the molecule is Cc1ccc2c(c1)CCC2NC(C)CO. The Bertz CT molecular complexity index is 348. The first-order chi connectivity index (χ1) is 7.20. The highest BCUT2D eigenvalue weighted by atomic mass is 16.3. The van der Waals surface area contributed by atoms with E-state index in [0.717, 1.165) is 12.8 Å². The molecule has 1 aliphatic rings. The molecule has 0 radical (unpaired) electrons. The van der Waals surface area contributed by atoms with Gasteiger partial charge in [-0.3, -0.25) is 0 Å². The molecule has 2 N–H and O–H groups in total. The van der Waals surface area contributed by atoms with Crippen LogP contribution in [0.2, 0.25) is 0 Å². The van der Waals surface area contributed by atoms with Crippen LogP contribution in [0.3, 0.4) is 0 Å². The Kier molecular flexibility index (Phi) is 3.08. The number of fused-ring (bicyclic) bond motifs is 1. The van der Waals surface area contributed by atoms with Crippen molar-refractivity contribution < 1.29 is 5.11 Å². The fourth-order valence-corrected chi connectivity index (χ4v) is 2.32. The van der Waals surface area contributed by atoms with Gasteiger partial charge in [-0.15, -0.1) is 0 Å². The molecule has 0 amide bonds. The van der Waals surface area contributed by atoms with Gasteiger partial charge in [0.2, 0.25) is 0 Å². The van der Waals surface area contributed by atoms with Gasteiger partial charge in [0.05, 0.1) is 6.61 Å². The van der Waals surface area contributed by atoms with Crippen LogP contribution in [0.25, 0.3) is 0 Å². The Balaban J connectivity index is 2.14. The molecule has 2 rings (SSSR count). The third kappa shape index (κ3) is 2.21. The van der Waals surface area contributed by atoms with Gasteiger partial charge >= 0.3 is 0 Å². The first kappa shape index (κ1) is 10.7. The molecule has 0 heterocycles. The zero-order valence-electron chi connectivity index (χ0n) is 9.46. The van der Waals surface area contributed by atoms with Gasteiger partial charge in [-0.1, -0.05) is 23.8 Å². The average Bonchev–Trinajstić information content (AvgIpc) is 2.60. The molecule has 1 aliphatic carbocycles. The third-order valence-corrected chi connectivity index (χ3v) is 3.14. The van der Waals surface area contributed by atoms with Crippen molar-refractivity contribution in [3.63, 3.8) is 0 Å². The van der Waals surface area contributed by atoms with Gasteiger partial charge in [-0.25, -0.2) is 0 Å². The molecule has 2 heteroatoms. The lowest BCUT2D eigenvalue weighted by molar-refractivity contribution is 0.240. The second-order valence-corrected chi connectivity index (χ2v) is 4.54. The van der Waals surface area contributed by atoms with Crippen molar-refractivity contribution in [2.45, 2.75) is 38.8 Å². The molecule has 0 spiro atoms. The van der Waals surface area contributed by atoms with Crippen molar-refractivity contribution in [1.29, 1.82) is 0 Å². The van der Waals surface area contributed by atoms with E-state index in [1.807, 2.05) is 6.92 Å². The number of rotatable bonds is 3. The van der Waals surface area contributed by atoms with E-state index in [1.54, 1.807) is 0 Å². The van der Waals surface area contributed by atoms with E-state index in [9.17, 15) is 0 Å². The molecule has 0 aliphatic heterocycles. The molecule has 2 nitrogen and oxygen atoms in total. The Morgan fingerprint density at radius 1 is 1.53 bits per heavy atom. The summed E-state index contributed by atoms with van der Waals surface area (Å²) in [5.41, 5.74) is 4.23. The van der Waals surface area contributed by atoms with Crippen LogP contribution >= 0.6 is 0 Å². The van der Waals surface area contributed by atoms with Crippen molar-refractivity contribution in [3.8, 4) is 0 Å². The summed E-state index contributed by atoms with van der Waals surface area (Å²) in [6.07, 6.45) is 2.32. The highest BCUT2D eigenvalue weighted by Gasteiger charge is 2.22. The maximum atomic E-state index is 9.02. The fourth-order valence-electron chi connectivity index (χ4n) is 2.32. The minimum absolute atomic E-state index is 0.183. The first-order valence-corrected chi connectivity index (χ1v) is 5.67. The molecule has 1 aromatic rings. The van der Waals surface area contributed by atoms with Gasteiger partial charge < -0.3 is 10.4 Å². The van der Waals surface area contributed by atoms with E-state index in [0.29, 0.717) is 6.04 Å². The molecule has 82 valence electrons. The summed E-state index contributed by atoms with van der Waals surface area (Å²) in [5.74, 6) is 0. The summed E-state index contributed by atoms with van der Waals surface area (Å²) in [5, 5.41) is 12.5. The van der Waals surface area contributed by atoms with Gasteiger partial charge in [-0.05, 0) is 37.8 Å². The summed E-state index contributed by atoms with van der Waals surface area (Å²) in [6.45, 7) is 4.36. The molecular formula is C13H19NO. The quantitative estimate of drug-likeness (QED) is 0.790. The molecule has 2 atom stereocenters. The van der Waals surface area contributed by atoms with Crippen molar-refractivity contribution in [1.82, 2.24) is 5.32 Å². The normalized spacial score (nSPS) is 21.4.